The van der Waals surface area contributed by atoms with E-state index in [0.29, 0.717) is 21.5 Å². The van der Waals surface area contributed by atoms with Gasteiger partial charge in [-0.15, -0.1) is 18.3 Å². The first-order chi connectivity index (χ1) is 7.63. The number of halogens is 2. The predicted octanol–water partition coefficient (Wildman–Crippen LogP) is 3.85. The second kappa shape index (κ2) is 6.84. The average Bonchev–Trinajstić information content (AvgIpc) is 2.24. The van der Waals surface area contributed by atoms with Crippen LogP contribution in [-0.4, -0.2) is 17.4 Å². The summed E-state index contributed by atoms with van der Waals surface area (Å²) in [7, 11) is 0. The third-order valence-corrected chi connectivity index (χ3v) is 3.17. The van der Waals surface area contributed by atoms with Crippen molar-refractivity contribution >= 4 is 46.6 Å². The summed E-state index contributed by atoms with van der Waals surface area (Å²) in [5.41, 5.74) is 0.540. The van der Waals surface area contributed by atoms with E-state index in [2.05, 4.69) is 11.9 Å². The van der Waals surface area contributed by atoms with Gasteiger partial charge in [0.1, 0.15) is 0 Å². The van der Waals surface area contributed by atoms with E-state index in [9.17, 15) is 4.79 Å². The number of hydrogen-bond donors (Lipinski definition) is 1. The molecule has 0 fully saturated rings. The Labute approximate surface area is 109 Å². The van der Waals surface area contributed by atoms with E-state index >= 15 is 0 Å². The van der Waals surface area contributed by atoms with Crippen LogP contribution in [0.1, 0.15) is 0 Å². The van der Waals surface area contributed by atoms with Crippen LogP contribution < -0.4 is 5.32 Å². The van der Waals surface area contributed by atoms with Crippen molar-refractivity contribution in [2.45, 2.75) is 0 Å². The Hall–Kier alpha value is -0.640. The lowest BCUT2D eigenvalue weighted by Gasteiger charge is -2.06. The molecule has 0 aliphatic heterocycles. The molecule has 1 rings (SSSR count). The Morgan fingerprint density at radius 1 is 1.50 bits per heavy atom. The van der Waals surface area contributed by atoms with E-state index in [-0.39, 0.29) is 5.91 Å². The van der Waals surface area contributed by atoms with Gasteiger partial charge in [-0.25, -0.2) is 0 Å². The first-order valence-electron chi connectivity index (χ1n) is 4.57. The molecule has 0 aromatic heterocycles. The number of benzene rings is 1. The summed E-state index contributed by atoms with van der Waals surface area (Å²) in [6, 6.07) is 4.95. The van der Waals surface area contributed by atoms with Crippen LogP contribution in [0.25, 0.3) is 0 Å². The Morgan fingerprint density at radius 2 is 2.25 bits per heavy atom. The average molecular weight is 276 g/mol. The summed E-state index contributed by atoms with van der Waals surface area (Å²) < 4.78 is 0. The molecule has 0 unspecified atom stereocenters. The Kier molecular flexibility index (Phi) is 5.74. The highest BCUT2D eigenvalue weighted by Crippen LogP contribution is 2.25. The van der Waals surface area contributed by atoms with Crippen molar-refractivity contribution in [3.8, 4) is 0 Å². The molecule has 0 spiro atoms. The molecule has 0 aliphatic carbocycles. The maximum absolute atomic E-state index is 11.5. The van der Waals surface area contributed by atoms with Crippen LogP contribution in [-0.2, 0) is 4.79 Å². The van der Waals surface area contributed by atoms with E-state index < -0.39 is 0 Å². The van der Waals surface area contributed by atoms with E-state index in [1.54, 1.807) is 24.3 Å². The molecule has 16 heavy (non-hydrogen) atoms. The van der Waals surface area contributed by atoms with Gasteiger partial charge in [-0.05, 0) is 18.2 Å². The molecule has 5 heteroatoms. The molecule has 0 saturated heterocycles. The van der Waals surface area contributed by atoms with Crippen LogP contribution in [0, 0.1) is 0 Å². The van der Waals surface area contributed by atoms with Gasteiger partial charge >= 0.3 is 0 Å². The normalized spacial score (nSPS) is 9.88. The van der Waals surface area contributed by atoms with Gasteiger partial charge in [-0.3, -0.25) is 4.79 Å². The highest BCUT2D eigenvalue weighted by molar-refractivity contribution is 8.00. The molecule has 0 radical (unpaired) electrons. The molecule has 0 saturated carbocycles. The van der Waals surface area contributed by atoms with Gasteiger partial charge in [-0.1, -0.05) is 29.3 Å². The van der Waals surface area contributed by atoms with Crippen molar-refractivity contribution in [1.82, 2.24) is 0 Å². The van der Waals surface area contributed by atoms with Gasteiger partial charge < -0.3 is 5.32 Å². The van der Waals surface area contributed by atoms with Crippen molar-refractivity contribution < 1.29 is 4.79 Å². The molecule has 2 nitrogen and oxygen atoms in total. The third kappa shape index (κ3) is 4.47. The SMILES string of the molecule is C=CCSCC(=O)Nc1cc(Cl)ccc1Cl. The number of anilines is 1. The monoisotopic (exact) mass is 275 g/mol. The van der Waals surface area contributed by atoms with Crippen LogP contribution in [0.5, 0.6) is 0 Å². The molecule has 1 amide bonds. The maximum atomic E-state index is 11.5. The number of carbonyl (C=O) groups is 1. The lowest BCUT2D eigenvalue weighted by molar-refractivity contribution is -0.113. The zero-order chi connectivity index (χ0) is 12.0. The fourth-order valence-electron chi connectivity index (χ4n) is 1.01. The molecule has 0 atom stereocenters. The van der Waals surface area contributed by atoms with Gasteiger partial charge in [0.25, 0.3) is 0 Å². The van der Waals surface area contributed by atoms with Crippen molar-refractivity contribution in [1.29, 1.82) is 0 Å². The Bertz CT molecular complexity index is 396. The number of nitrogens with one attached hydrogen (secondary N) is 1. The zero-order valence-corrected chi connectivity index (χ0v) is 10.8. The van der Waals surface area contributed by atoms with Gasteiger partial charge in [0.2, 0.25) is 5.91 Å². The van der Waals surface area contributed by atoms with E-state index in [1.165, 1.54) is 11.8 Å². The first-order valence-corrected chi connectivity index (χ1v) is 6.48. The topological polar surface area (TPSA) is 29.1 Å². The zero-order valence-electron chi connectivity index (χ0n) is 8.50. The molecular formula is C11H11Cl2NOS. The molecule has 0 heterocycles. The summed E-state index contributed by atoms with van der Waals surface area (Å²) in [6.07, 6.45) is 1.75. The largest absolute Gasteiger partial charge is 0.324 e. The van der Waals surface area contributed by atoms with E-state index in [4.69, 9.17) is 23.2 Å². The van der Waals surface area contributed by atoms with Crippen LogP contribution in [0.15, 0.2) is 30.9 Å². The van der Waals surface area contributed by atoms with Crippen molar-refractivity contribution in [3.05, 3.63) is 40.9 Å². The van der Waals surface area contributed by atoms with E-state index in [1.807, 2.05) is 0 Å². The second-order valence-corrected chi connectivity index (χ2v) is 4.85. The standard InChI is InChI=1S/C11H11Cl2NOS/c1-2-5-16-7-11(15)14-10-6-8(12)3-4-9(10)13/h2-4,6H,1,5,7H2,(H,14,15). The maximum Gasteiger partial charge on any atom is 0.234 e. The Morgan fingerprint density at radius 3 is 2.94 bits per heavy atom. The Balaban J connectivity index is 2.55. The van der Waals surface area contributed by atoms with Crippen LogP contribution in [0.4, 0.5) is 5.69 Å². The summed E-state index contributed by atoms with van der Waals surface area (Å²) in [6.45, 7) is 3.58. The van der Waals surface area contributed by atoms with Crippen LogP contribution in [0.3, 0.4) is 0 Å². The summed E-state index contributed by atoms with van der Waals surface area (Å²) in [5.74, 6) is 1.02. The van der Waals surface area contributed by atoms with Crippen molar-refractivity contribution in [3.63, 3.8) is 0 Å². The molecule has 0 bridgehead atoms. The third-order valence-electron chi connectivity index (χ3n) is 1.67. The highest BCUT2D eigenvalue weighted by atomic mass is 35.5. The summed E-state index contributed by atoms with van der Waals surface area (Å²) >= 11 is 13.2. The lowest BCUT2D eigenvalue weighted by atomic mass is 10.3. The molecular weight excluding hydrogens is 265 g/mol. The van der Waals surface area contributed by atoms with Gasteiger partial charge in [0.05, 0.1) is 16.5 Å². The predicted molar refractivity (Wildman–Crippen MR) is 72.6 cm³/mol. The number of hydrogen-bond acceptors (Lipinski definition) is 2. The fraction of sp³-hybridized carbons (Fsp3) is 0.182. The fourth-order valence-corrected chi connectivity index (χ4v) is 1.89. The van der Waals surface area contributed by atoms with Crippen LogP contribution >= 0.6 is 35.0 Å². The van der Waals surface area contributed by atoms with E-state index in [0.717, 1.165) is 5.75 Å². The second-order valence-electron chi connectivity index (χ2n) is 2.98. The quantitative estimate of drug-likeness (QED) is 0.653. The van der Waals surface area contributed by atoms with Gasteiger partial charge in [0.15, 0.2) is 0 Å². The molecule has 1 N–H and O–H groups in total. The van der Waals surface area contributed by atoms with Crippen LogP contribution in [0.2, 0.25) is 10.0 Å². The summed E-state index contributed by atoms with van der Waals surface area (Å²) in [4.78, 5) is 11.5. The van der Waals surface area contributed by atoms with Gasteiger partial charge in [-0.2, -0.15) is 0 Å². The molecule has 1 aromatic rings. The minimum Gasteiger partial charge on any atom is -0.324 e. The lowest BCUT2D eigenvalue weighted by Crippen LogP contribution is -2.14. The first kappa shape index (κ1) is 13.4. The highest BCUT2D eigenvalue weighted by Gasteiger charge is 2.06. The minimum absolute atomic E-state index is 0.101. The number of amides is 1. The molecule has 1 aromatic carbocycles. The smallest absolute Gasteiger partial charge is 0.234 e. The number of thioether (sulfide) groups is 1. The van der Waals surface area contributed by atoms with Crippen molar-refractivity contribution in [2.75, 3.05) is 16.8 Å². The molecule has 0 aliphatic rings. The number of rotatable bonds is 5. The van der Waals surface area contributed by atoms with Gasteiger partial charge in [0, 0.05) is 10.8 Å². The minimum atomic E-state index is -0.101. The van der Waals surface area contributed by atoms with Crippen molar-refractivity contribution in [2.24, 2.45) is 0 Å². The summed E-state index contributed by atoms with van der Waals surface area (Å²) in [5, 5.41) is 3.72. The number of carbonyl (C=O) groups excluding carboxylic acids is 1. The molecule has 86 valence electrons.